The Morgan fingerprint density at radius 3 is 2.44 bits per heavy atom. The fourth-order valence-corrected chi connectivity index (χ4v) is 1.62. The maximum Gasteiger partial charge on any atom is 0.401 e. The third-order valence-corrected chi connectivity index (χ3v) is 2.32. The molecule has 1 heterocycles. The van der Waals surface area contributed by atoms with Crippen molar-refractivity contribution >= 4 is 23.2 Å². The number of halogens is 5. The lowest BCUT2D eigenvalue weighted by Crippen LogP contribution is -2.30. The molecule has 0 aromatic carbocycles. The van der Waals surface area contributed by atoms with Crippen LogP contribution in [0.5, 0.6) is 0 Å². The molecule has 0 aliphatic rings. The molecule has 0 saturated carbocycles. The topological polar surface area (TPSA) is 16.1 Å². The van der Waals surface area contributed by atoms with Crippen LogP contribution in [0.1, 0.15) is 5.56 Å². The summed E-state index contributed by atoms with van der Waals surface area (Å²) in [4.78, 5) is 4.85. The van der Waals surface area contributed by atoms with Crippen LogP contribution >= 0.6 is 23.2 Å². The van der Waals surface area contributed by atoms with Crippen molar-refractivity contribution in [1.29, 1.82) is 0 Å². The van der Waals surface area contributed by atoms with Gasteiger partial charge in [0, 0.05) is 12.1 Å². The zero-order valence-corrected chi connectivity index (χ0v) is 9.87. The molecule has 0 bridgehead atoms. The van der Waals surface area contributed by atoms with E-state index < -0.39 is 12.7 Å². The minimum Gasteiger partial charge on any atom is -0.294 e. The number of hydrogen-bond donors (Lipinski definition) is 0. The Labute approximate surface area is 101 Å². The SMILES string of the molecule is CN(Cc1ccc(Cl)nc1Cl)CC(F)(F)F. The summed E-state index contributed by atoms with van der Waals surface area (Å²) in [6, 6.07) is 3.05. The molecule has 0 radical (unpaired) electrons. The van der Waals surface area contributed by atoms with Gasteiger partial charge in [-0.25, -0.2) is 4.98 Å². The zero-order chi connectivity index (χ0) is 12.3. The van der Waals surface area contributed by atoms with E-state index in [4.69, 9.17) is 23.2 Å². The van der Waals surface area contributed by atoms with E-state index in [1.54, 1.807) is 6.07 Å². The largest absolute Gasteiger partial charge is 0.401 e. The molecule has 0 spiro atoms. The number of pyridine rings is 1. The summed E-state index contributed by atoms with van der Waals surface area (Å²) in [5.41, 5.74) is 0.512. The molecule has 1 rings (SSSR count). The van der Waals surface area contributed by atoms with Gasteiger partial charge in [-0.2, -0.15) is 13.2 Å². The first-order valence-electron chi connectivity index (χ1n) is 4.34. The third-order valence-electron chi connectivity index (χ3n) is 1.78. The molecule has 0 saturated heterocycles. The summed E-state index contributed by atoms with van der Waals surface area (Å²) in [6.07, 6.45) is -4.22. The smallest absolute Gasteiger partial charge is 0.294 e. The Hall–Kier alpha value is -0.520. The van der Waals surface area contributed by atoms with E-state index in [-0.39, 0.29) is 16.9 Å². The second-order valence-corrected chi connectivity index (χ2v) is 4.12. The molecule has 0 N–H and O–H groups in total. The number of rotatable bonds is 3. The summed E-state index contributed by atoms with van der Waals surface area (Å²) >= 11 is 11.3. The van der Waals surface area contributed by atoms with Crippen LogP contribution in [-0.4, -0.2) is 29.7 Å². The molecule has 0 atom stereocenters. The fourth-order valence-electron chi connectivity index (χ4n) is 1.21. The quantitative estimate of drug-likeness (QED) is 0.785. The molecule has 0 fully saturated rings. The van der Waals surface area contributed by atoms with Gasteiger partial charge >= 0.3 is 6.18 Å². The molecule has 1 aromatic rings. The van der Waals surface area contributed by atoms with Crippen molar-refractivity contribution in [2.45, 2.75) is 12.7 Å². The van der Waals surface area contributed by atoms with Gasteiger partial charge < -0.3 is 0 Å². The Balaban J connectivity index is 2.66. The Kier molecular flexibility index (Phi) is 4.41. The van der Waals surface area contributed by atoms with Crippen molar-refractivity contribution in [3.05, 3.63) is 28.0 Å². The number of aromatic nitrogens is 1. The molecule has 0 amide bonds. The number of hydrogen-bond acceptors (Lipinski definition) is 2. The highest BCUT2D eigenvalue weighted by atomic mass is 35.5. The van der Waals surface area contributed by atoms with Gasteiger partial charge in [-0.15, -0.1) is 0 Å². The lowest BCUT2D eigenvalue weighted by atomic mass is 10.2. The minimum atomic E-state index is -4.22. The van der Waals surface area contributed by atoms with Crippen LogP contribution in [-0.2, 0) is 6.54 Å². The normalized spacial score (nSPS) is 12.2. The predicted molar refractivity (Wildman–Crippen MR) is 56.6 cm³/mol. The summed E-state index contributed by atoms with van der Waals surface area (Å²) in [7, 11) is 1.36. The standard InChI is InChI=1S/C9H9Cl2F3N2/c1-16(5-9(12,13)14)4-6-2-3-7(10)15-8(6)11/h2-3H,4-5H2,1H3. The average Bonchev–Trinajstić information content (AvgIpc) is 2.06. The zero-order valence-electron chi connectivity index (χ0n) is 8.35. The highest BCUT2D eigenvalue weighted by Gasteiger charge is 2.29. The fraction of sp³-hybridized carbons (Fsp3) is 0.444. The van der Waals surface area contributed by atoms with Crippen molar-refractivity contribution in [2.24, 2.45) is 0 Å². The first-order valence-corrected chi connectivity index (χ1v) is 5.10. The first kappa shape index (κ1) is 13.5. The minimum absolute atomic E-state index is 0.0719. The molecule has 7 heteroatoms. The van der Waals surface area contributed by atoms with E-state index in [9.17, 15) is 13.2 Å². The number of nitrogens with zero attached hydrogens (tertiary/aromatic N) is 2. The van der Waals surface area contributed by atoms with E-state index in [2.05, 4.69) is 4.98 Å². The van der Waals surface area contributed by atoms with Gasteiger partial charge in [0.1, 0.15) is 10.3 Å². The van der Waals surface area contributed by atoms with E-state index in [1.807, 2.05) is 0 Å². The van der Waals surface area contributed by atoms with Crippen LogP contribution in [0.2, 0.25) is 10.3 Å². The van der Waals surface area contributed by atoms with Gasteiger partial charge in [0.15, 0.2) is 0 Å². The van der Waals surface area contributed by atoms with Crippen molar-refractivity contribution in [3.63, 3.8) is 0 Å². The van der Waals surface area contributed by atoms with Crippen molar-refractivity contribution < 1.29 is 13.2 Å². The monoisotopic (exact) mass is 272 g/mol. The van der Waals surface area contributed by atoms with E-state index >= 15 is 0 Å². The molecule has 2 nitrogen and oxygen atoms in total. The van der Waals surface area contributed by atoms with Crippen LogP contribution in [0.4, 0.5) is 13.2 Å². The van der Waals surface area contributed by atoms with E-state index in [0.717, 1.165) is 4.90 Å². The molecule has 16 heavy (non-hydrogen) atoms. The molecule has 90 valence electrons. The maximum absolute atomic E-state index is 12.1. The van der Waals surface area contributed by atoms with Crippen LogP contribution in [0.15, 0.2) is 12.1 Å². The maximum atomic E-state index is 12.1. The molecular formula is C9H9Cl2F3N2. The van der Waals surface area contributed by atoms with Crippen LogP contribution in [0.25, 0.3) is 0 Å². The van der Waals surface area contributed by atoms with Gasteiger partial charge in [0.2, 0.25) is 0 Å². The van der Waals surface area contributed by atoms with Crippen LogP contribution in [0, 0.1) is 0 Å². The lowest BCUT2D eigenvalue weighted by Gasteiger charge is -2.18. The van der Waals surface area contributed by atoms with Gasteiger partial charge in [0.05, 0.1) is 6.54 Å². The highest BCUT2D eigenvalue weighted by molar-refractivity contribution is 6.32. The second-order valence-electron chi connectivity index (χ2n) is 3.37. The van der Waals surface area contributed by atoms with Crippen LogP contribution in [0.3, 0.4) is 0 Å². The van der Waals surface area contributed by atoms with Gasteiger partial charge in [-0.05, 0) is 13.1 Å². The molecule has 1 aromatic heterocycles. The third kappa shape index (κ3) is 4.55. The predicted octanol–water partition coefficient (Wildman–Crippen LogP) is 3.38. The molecular weight excluding hydrogens is 264 g/mol. The Morgan fingerprint density at radius 2 is 1.94 bits per heavy atom. The number of alkyl halides is 3. The van der Waals surface area contributed by atoms with Crippen molar-refractivity contribution in [2.75, 3.05) is 13.6 Å². The summed E-state index contributed by atoms with van der Waals surface area (Å²) < 4.78 is 36.2. The van der Waals surface area contributed by atoms with Gasteiger partial charge in [0.25, 0.3) is 0 Å². The van der Waals surface area contributed by atoms with Gasteiger partial charge in [-0.3, -0.25) is 4.90 Å². The summed E-state index contributed by atoms with van der Waals surface area (Å²) in [5, 5.41) is 0.341. The van der Waals surface area contributed by atoms with E-state index in [0.29, 0.717) is 5.56 Å². The van der Waals surface area contributed by atoms with Crippen LogP contribution < -0.4 is 0 Å². The highest BCUT2D eigenvalue weighted by Crippen LogP contribution is 2.20. The van der Waals surface area contributed by atoms with Crippen molar-refractivity contribution in [3.8, 4) is 0 Å². The molecule has 0 unspecified atom stereocenters. The lowest BCUT2D eigenvalue weighted by molar-refractivity contribution is -0.144. The van der Waals surface area contributed by atoms with Crippen molar-refractivity contribution in [1.82, 2.24) is 9.88 Å². The van der Waals surface area contributed by atoms with Gasteiger partial charge in [-0.1, -0.05) is 29.3 Å². The summed E-state index contributed by atoms with van der Waals surface area (Å²) in [6.45, 7) is -0.922. The Morgan fingerprint density at radius 1 is 1.31 bits per heavy atom. The van der Waals surface area contributed by atoms with E-state index in [1.165, 1.54) is 13.1 Å². The Bertz CT molecular complexity index is 368. The summed E-state index contributed by atoms with van der Waals surface area (Å²) in [5.74, 6) is 0. The second kappa shape index (κ2) is 5.21. The average molecular weight is 273 g/mol. The molecule has 0 aliphatic heterocycles. The first-order chi connectivity index (χ1) is 7.28. The molecule has 0 aliphatic carbocycles.